The van der Waals surface area contributed by atoms with Gasteiger partial charge >= 0.3 is 0 Å². The van der Waals surface area contributed by atoms with Crippen LogP contribution in [0, 0.1) is 0 Å². The lowest BCUT2D eigenvalue weighted by Gasteiger charge is -2.07. The van der Waals surface area contributed by atoms with Crippen LogP contribution in [-0.2, 0) is 0 Å². The van der Waals surface area contributed by atoms with Crippen molar-refractivity contribution in [3.8, 4) is 22.5 Å². The van der Waals surface area contributed by atoms with Crippen molar-refractivity contribution in [3.05, 3.63) is 170 Å². The average molecular weight is 653 g/mol. The molecule has 232 valence electrons. The van der Waals surface area contributed by atoms with Gasteiger partial charge in [0.1, 0.15) is 5.82 Å². The quantitative estimate of drug-likeness (QED) is 0.182. The second-order valence-electron chi connectivity index (χ2n) is 13.1. The summed E-state index contributed by atoms with van der Waals surface area (Å²) in [6.45, 7) is 0. The summed E-state index contributed by atoms with van der Waals surface area (Å²) < 4.78 is 4.97. The molecule has 0 saturated carbocycles. The third-order valence-electron chi connectivity index (χ3n) is 10.4. The molecule has 0 aliphatic carbocycles. The molecule has 50 heavy (non-hydrogen) atoms. The molecule has 0 radical (unpaired) electrons. The monoisotopic (exact) mass is 652 g/mol. The van der Waals surface area contributed by atoms with Crippen molar-refractivity contribution in [1.82, 2.24) is 9.38 Å². The summed E-state index contributed by atoms with van der Waals surface area (Å²) in [6, 6.07) is 62.0. The highest BCUT2D eigenvalue weighted by Crippen LogP contribution is 2.43. The maximum atomic E-state index is 5.49. The molecule has 0 unspecified atom stereocenters. The fraction of sp³-hybridized carbons (Fsp3) is 0. The summed E-state index contributed by atoms with van der Waals surface area (Å²) >= 11 is 1.87. The minimum atomic E-state index is 0.963. The van der Waals surface area contributed by atoms with Gasteiger partial charge in [0, 0.05) is 36.5 Å². The number of nitrogens with zero attached hydrogens (tertiary/aromatic N) is 2. The lowest BCUT2D eigenvalue weighted by molar-refractivity contribution is 1.23. The molecular weight excluding hydrogens is 625 g/mol. The van der Waals surface area contributed by atoms with E-state index in [1.165, 1.54) is 74.4 Å². The summed E-state index contributed by atoms with van der Waals surface area (Å²) in [5, 5.41) is 12.4. The third-order valence-corrected chi connectivity index (χ3v) is 11.6. The predicted octanol–water partition coefficient (Wildman–Crippen LogP) is 13.4. The number of fused-ring (bicyclic) bond motifs is 11. The Balaban J connectivity index is 1.28. The van der Waals surface area contributed by atoms with Gasteiger partial charge in [-0.15, -0.1) is 11.3 Å². The largest absolute Gasteiger partial charge is 0.291 e. The summed E-state index contributed by atoms with van der Waals surface area (Å²) in [4.78, 5) is 5.49. The summed E-state index contributed by atoms with van der Waals surface area (Å²) in [6.07, 6.45) is 0. The van der Waals surface area contributed by atoms with Gasteiger partial charge in [0.15, 0.2) is 0 Å². The zero-order valence-electron chi connectivity index (χ0n) is 27.0. The molecule has 11 rings (SSSR count). The molecule has 11 aromatic rings. The van der Waals surface area contributed by atoms with Gasteiger partial charge in [-0.3, -0.25) is 4.40 Å². The Kier molecular flexibility index (Phi) is 5.86. The van der Waals surface area contributed by atoms with Gasteiger partial charge in [-0.25, -0.2) is 4.98 Å². The van der Waals surface area contributed by atoms with Gasteiger partial charge < -0.3 is 0 Å². The number of hydrogen-bond acceptors (Lipinski definition) is 2. The van der Waals surface area contributed by atoms with Gasteiger partial charge in [0.05, 0.1) is 16.6 Å². The molecule has 0 spiro atoms. The zero-order valence-corrected chi connectivity index (χ0v) is 27.8. The van der Waals surface area contributed by atoms with Gasteiger partial charge in [-0.05, 0) is 79.8 Å². The van der Waals surface area contributed by atoms with Crippen LogP contribution in [0.25, 0.3) is 102 Å². The maximum Gasteiger partial charge on any atom is 0.147 e. The minimum Gasteiger partial charge on any atom is -0.291 e. The Morgan fingerprint density at radius 1 is 0.420 bits per heavy atom. The van der Waals surface area contributed by atoms with Crippen LogP contribution in [0.2, 0.25) is 0 Å². The number of hydrogen-bond donors (Lipinski definition) is 0. The van der Waals surface area contributed by atoms with Crippen LogP contribution in [0.4, 0.5) is 0 Å². The highest BCUT2D eigenvalue weighted by molar-refractivity contribution is 7.26. The average Bonchev–Trinajstić information content (AvgIpc) is 3.76. The van der Waals surface area contributed by atoms with E-state index in [1.807, 2.05) is 11.3 Å². The standard InChI is InChI=1S/C47H28N2S/c1-2-12-29(13-3-1)30-24-25-31-27-41-39-20-10-21-40(46(39)50-44(41)28-32(31)26-30)47-48-42-22-11-19-38-36-17-7-5-15-34(36)33-14-4-6-16-35(33)37-18-8-9-23-43(37)49(47)45(38)42/h1-28H. The molecule has 8 aromatic carbocycles. The first-order valence-electron chi connectivity index (χ1n) is 17.0. The molecule has 0 aliphatic rings. The Hall–Kier alpha value is -6.29. The van der Waals surface area contributed by atoms with E-state index < -0.39 is 0 Å². The van der Waals surface area contributed by atoms with Gasteiger partial charge in [0.2, 0.25) is 0 Å². The minimum absolute atomic E-state index is 0.963. The second kappa shape index (κ2) is 10.6. The molecule has 0 atom stereocenters. The molecule has 0 amide bonds. The molecule has 2 nitrogen and oxygen atoms in total. The molecule has 3 heteroatoms. The van der Waals surface area contributed by atoms with Crippen molar-refractivity contribution in [2.24, 2.45) is 0 Å². The van der Waals surface area contributed by atoms with E-state index in [-0.39, 0.29) is 0 Å². The zero-order chi connectivity index (χ0) is 32.8. The van der Waals surface area contributed by atoms with E-state index >= 15 is 0 Å². The van der Waals surface area contributed by atoms with E-state index in [4.69, 9.17) is 4.98 Å². The molecule has 0 N–H and O–H groups in total. The van der Waals surface area contributed by atoms with Crippen molar-refractivity contribution < 1.29 is 0 Å². The highest BCUT2D eigenvalue weighted by atomic mass is 32.1. The summed E-state index contributed by atoms with van der Waals surface area (Å²) in [5.74, 6) is 0.963. The molecule has 0 bridgehead atoms. The van der Waals surface area contributed by atoms with E-state index in [0.717, 1.165) is 27.9 Å². The molecule has 3 heterocycles. The molecule has 0 saturated heterocycles. The molecule has 3 aromatic heterocycles. The predicted molar refractivity (Wildman–Crippen MR) is 215 cm³/mol. The first-order valence-corrected chi connectivity index (χ1v) is 17.9. The van der Waals surface area contributed by atoms with Crippen molar-refractivity contribution in [2.75, 3.05) is 0 Å². The summed E-state index contributed by atoms with van der Waals surface area (Å²) in [5.41, 5.74) is 6.88. The van der Waals surface area contributed by atoms with Crippen molar-refractivity contribution in [3.63, 3.8) is 0 Å². The van der Waals surface area contributed by atoms with E-state index in [2.05, 4.69) is 174 Å². The maximum absolute atomic E-state index is 5.49. The van der Waals surface area contributed by atoms with Crippen LogP contribution in [-0.4, -0.2) is 9.38 Å². The molecule has 0 aliphatic heterocycles. The van der Waals surface area contributed by atoms with Crippen LogP contribution in [0.1, 0.15) is 0 Å². The van der Waals surface area contributed by atoms with Crippen LogP contribution in [0.3, 0.4) is 0 Å². The van der Waals surface area contributed by atoms with Crippen molar-refractivity contribution >= 4 is 91.1 Å². The fourth-order valence-electron chi connectivity index (χ4n) is 8.09. The van der Waals surface area contributed by atoms with Crippen LogP contribution < -0.4 is 0 Å². The fourth-order valence-corrected chi connectivity index (χ4v) is 9.33. The van der Waals surface area contributed by atoms with Crippen LogP contribution >= 0.6 is 11.3 Å². The highest BCUT2D eigenvalue weighted by Gasteiger charge is 2.19. The Morgan fingerprint density at radius 2 is 1.06 bits per heavy atom. The van der Waals surface area contributed by atoms with E-state index in [9.17, 15) is 0 Å². The number of imidazole rings is 1. The Labute approximate surface area is 291 Å². The first-order chi connectivity index (χ1) is 24.8. The topological polar surface area (TPSA) is 17.3 Å². The lowest BCUT2D eigenvalue weighted by atomic mass is 9.99. The smallest absolute Gasteiger partial charge is 0.147 e. The van der Waals surface area contributed by atoms with Crippen molar-refractivity contribution in [1.29, 1.82) is 0 Å². The van der Waals surface area contributed by atoms with Gasteiger partial charge in [-0.1, -0.05) is 133 Å². The Bertz CT molecular complexity index is 3200. The van der Waals surface area contributed by atoms with Crippen LogP contribution in [0.15, 0.2) is 170 Å². The number of para-hydroxylation sites is 2. The normalized spacial score (nSPS) is 12.0. The van der Waals surface area contributed by atoms with Gasteiger partial charge in [-0.2, -0.15) is 0 Å². The number of benzene rings is 8. The molecular formula is C47H28N2S. The SMILES string of the molecule is c1ccc(-c2ccc3cc4c(cc3c2)sc2c(-c3nc5cccc6c7ccccc7c7ccccc7c7ccccc7n3c56)cccc24)cc1. The van der Waals surface area contributed by atoms with E-state index in [0.29, 0.717) is 0 Å². The van der Waals surface area contributed by atoms with Gasteiger partial charge in [0.25, 0.3) is 0 Å². The van der Waals surface area contributed by atoms with Crippen LogP contribution in [0.5, 0.6) is 0 Å². The van der Waals surface area contributed by atoms with E-state index in [1.54, 1.807) is 0 Å². The lowest BCUT2D eigenvalue weighted by Crippen LogP contribution is -1.91. The summed E-state index contributed by atoms with van der Waals surface area (Å²) in [7, 11) is 0. The number of rotatable bonds is 2. The molecule has 0 fully saturated rings. The Morgan fingerprint density at radius 3 is 1.86 bits per heavy atom. The third kappa shape index (κ3) is 3.98. The first kappa shape index (κ1) is 27.6. The number of aromatic nitrogens is 2. The van der Waals surface area contributed by atoms with Crippen molar-refractivity contribution in [2.45, 2.75) is 0 Å². The second-order valence-corrected chi connectivity index (χ2v) is 14.2. The number of thiophene rings is 1.